The fourth-order valence-corrected chi connectivity index (χ4v) is 0.955. The average Bonchev–Trinajstić information content (AvgIpc) is 2.45. The van der Waals surface area contributed by atoms with Crippen LogP contribution in [0.25, 0.3) is 0 Å². The van der Waals surface area contributed by atoms with Gasteiger partial charge in [-0.25, -0.2) is 4.99 Å². The molecule has 19 heavy (non-hydrogen) atoms. The smallest absolute Gasteiger partial charge is 0.151 e. The third kappa shape index (κ3) is 7.89. The van der Waals surface area contributed by atoms with Crippen molar-refractivity contribution in [1.82, 2.24) is 5.32 Å². The molecule has 4 heteroatoms. The number of hydrogen-bond acceptors (Lipinski definition) is 3. The SMILES string of the molecule is C=CCOc1ccc(C(=N)N=C)cc1.CNC(C)C. The van der Waals surface area contributed by atoms with Gasteiger partial charge in [0.25, 0.3) is 0 Å². The Bertz CT molecular complexity index is 396. The fraction of sp³-hybridized carbons (Fsp3) is 0.333. The second-order valence-corrected chi connectivity index (χ2v) is 4.07. The molecule has 2 N–H and O–H groups in total. The van der Waals surface area contributed by atoms with Gasteiger partial charge >= 0.3 is 0 Å². The van der Waals surface area contributed by atoms with Crippen molar-refractivity contribution in [2.24, 2.45) is 4.99 Å². The van der Waals surface area contributed by atoms with E-state index in [0.717, 1.165) is 11.3 Å². The molecule has 0 aromatic heterocycles. The molecule has 104 valence electrons. The van der Waals surface area contributed by atoms with Gasteiger partial charge in [0.2, 0.25) is 0 Å². The summed E-state index contributed by atoms with van der Waals surface area (Å²) in [5, 5.41) is 10.4. The van der Waals surface area contributed by atoms with Crippen LogP contribution >= 0.6 is 0 Å². The van der Waals surface area contributed by atoms with Gasteiger partial charge in [0.15, 0.2) is 5.84 Å². The van der Waals surface area contributed by atoms with E-state index in [4.69, 9.17) is 10.1 Å². The lowest BCUT2D eigenvalue weighted by Gasteiger charge is -2.03. The molecule has 1 aromatic carbocycles. The molecule has 0 amide bonds. The highest BCUT2D eigenvalue weighted by atomic mass is 16.5. The summed E-state index contributed by atoms with van der Waals surface area (Å²) in [4.78, 5) is 3.53. The van der Waals surface area contributed by atoms with Gasteiger partial charge in [-0.05, 0) is 38.0 Å². The molecule has 1 aromatic rings. The topological polar surface area (TPSA) is 57.5 Å². The molecule has 0 saturated heterocycles. The third-order valence-corrected chi connectivity index (χ3v) is 2.23. The Morgan fingerprint density at radius 3 is 2.32 bits per heavy atom. The quantitative estimate of drug-likeness (QED) is 0.486. The number of benzene rings is 1. The minimum atomic E-state index is 0.167. The second kappa shape index (κ2) is 10.0. The lowest BCUT2D eigenvalue weighted by Crippen LogP contribution is -2.15. The molecule has 0 unspecified atom stereocenters. The molecule has 0 aliphatic carbocycles. The van der Waals surface area contributed by atoms with Crippen LogP contribution in [-0.4, -0.2) is 32.2 Å². The molecule has 0 spiro atoms. The highest BCUT2D eigenvalue weighted by Gasteiger charge is 1.98. The summed E-state index contributed by atoms with van der Waals surface area (Å²) in [6.07, 6.45) is 1.68. The number of aliphatic imine (C=N–C) groups is 1. The standard InChI is InChI=1S/C11H12N2O.C4H11N/c1-3-8-14-10-6-4-9(5-7-10)11(12)13-2;1-4(2)5-3/h3-7,12H,1-2,8H2;4-5H,1-3H3. The zero-order valence-electron chi connectivity index (χ0n) is 11.9. The van der Waals surface area contributed by atoms with Crippen LogP contribution in [0.5, 0.6) is 5.75 Å². The highest BCUT2D eigenvalue weighted by Crippen LogP contribution is 2.12. The predicted octanol–water partition coefficient (Wildman–Crippen LogP) is 2.89. The predicted molar refractivity (Wildman–Crippen MR) is 82.7 cm³/mol. The van der Waals surface area contributed by atoms with Crippen LogP contribution in [0.3, 0.4) is 0 Å². The van der Waals surface area contributed by atoms with Gasteiger partial charge in [-0.15, -0.1) is 0 Å². The second-order valence-electron chi connectivity index (χ2n) is 4.07. The van der Waals surface area contributed by atoms with E-state index in [1.54, 1.807) is 30.3 Å². The Balaban J connectivity index is 0.000000555. The molecule has 0 aliphatic rings. The first-order chi connectivity index (χ1) is 9.04. The summed E-state index contributed by atoms with van der Waals surface area (Å²) in [5.74, 6) is 0.922. The summed E-state index contributed by atoms with van der Waals surface area (Å²) >= 11 is 0. The highest BCUT2D eigenvalue weighted by molar-refractivity contribution is 5.99. The molecule has 0 fully saturated rings. The van der Waals surface area contributed by atoms with Gasteiger partial charge in [-0.1, -0.05) is 26.5 Å². The zero-order valence-corrected chi connectivity index (χ0v) is 11.9. The molecule has 0 bridgehead atoms. The van der Waals surface area contributed by atoms with Crippen molar-refractivity contribution in [2.75, 3.05) is 13.7 Å². The summed E-state index contributed by atoms with van der Waals surface area (Å²) < 4.78 is 5.29. The van der Waals surface area contributed by atoms with E-state index in [1.165, 1.54) is 0 Å². The number of hydrogen-bond donors (Lipinski definition) is 2. The maximum atomic E-state index is 7.40. The van der Waals surface area contributed by atoms with Crippen LogP contribution in [0, 0.1) is 5.41 Å². The Labute approximate surface area is 115 Å². The normalized spacial score (nSPS) is 9.26. The van der Waals surface area contributed by atoms with E-state index in [9.17, 15) is 0 Å². The van der Waals surface area contributed by atoms with Crippen LogP contribution in [0.4, 0.5) is 0 Å². The average molecular weight is 261 g/mol. The van der Waals surface area contributed by atoms with Crippen molar-refractivity contribution in [1.29, 1.82) is 5.41 Å². The van der Waals surface area contributed by atoms with Crippen LogP contribution in [0.2, 0.25) is 0 Å². The summed E-state index contributed by atoms with van der Waals surface area (Å²) in [5.41, 5.74) is 0.728. The van der Waals surface area contributed by atoms with Crippen molar-refractivity contribution in [2.45, 2.75) is 19.9 Å². The molecule has 0 radical (unpaired) electrons. The lowest BCUT2D eigenvalue weighted by molar-refractivity contribution is 0.363. The molecular weight excluding hydrogens is 238 g/mol. The third-order valence-electron chi connectivity index (χ3n) is 2.23. The van der Waals surface area contributed by atoms with Gasteiger partial charge in [0, 0.05) is 11.6 Å². The minimum Gasteiger partial charge on any atom is -0.490 e. The lowest BCUT2D eigenvalue weighted by atomic mass is 10.2. The molecule has 0 atom stereocenters. The van der Waals surface area contributed by atoms with Crippen LogP contribution in [0.15, 0.2) is 41.9 Å². The Morgan fingerprint density at radius 2 is 1.95 bits per heavy atom. The zero-order chi connectivity index (χ0) is 14.7. The number of nitrogens with one attached hydrogen (secondary N) is 2. The number of amidine groups is 1. The van der Waals surface area contributed by atoms with Crippen molar-refractivity contribution in [3.05, 3.63) is 42.5 Å². The molecule has 0 heterocycles. The van der Waals surface area contributed by atoms with E-state index in [-0.39, 0.29) is 5.84 Å². The maximum absolute atomic E-state index is 7.40. The van der Waals surface area contributed by atoms with Crippen molar-refractivity contribution in [3.8, 4) is 5.75 Å². The van der Waals surface area contributed by atoms with Crippen LogP contribution in [0.1, 0.15) is 19.4 Å². The Morgan fingerprint density at radius 1 is 1.42 bits per heavy atom. The largest absolute Gasteiger partial charge is 0.490 e. The van der Waals surface area contributed by atoms with Gasteiger partial charge in [-0.2, -0.15) is 0 Å². The molecule has 0 aliphatic heterocycles. The first-order valence-corrected chi connectivity index (χ1v) is 6.11. The van der Waals surface area contributed by atoms with E-state index < -0.39 is 0 Å². The number of rotatable bonds is 5. The van der Waals surface area contributed by atoms with Gasteiger partial charge < -0.3 is 10.1 Å². The summed E-state index contributed by atoms with van der Waals surface area (Å²) in [6, 6.07) is 7.76. The van der Waals surface area contributed by atoms with E-state index >= 15 is 0 Å². The summed E-state index contributed by atoms with van der Waals surface area (Å²) in [7, 11) is 1.95. The van der Waals surface area contributed by atoms with Crippen LogP contribution < -0.4 is 10.1 Å². The van der Waals surface area contributed by atoms with E-state index in [0.29, 0.717) is 12.6 Å². The van der Waals surface area contributed by atoms with Gasteiger partial charge in [-0.3, -0.25) is 5.41 Å². The molecule has 1 rings (SSSR count). The van der Waals surface area contributed by atoms with E-state index in [1.807, 2.05) is 7.05 Å². The minimum absolute atomic E-state index is 0.167. The van der Waals surface area contributed by atoms with Crippen molar-refractivity contribution >= 4 is 12.6 Å². The first-order valence-electron chi connectivity index (χ1n) is 6.11. The fourth-order valence-electron chi connectivity index (χ4n) is 0.955. The summed E-state index contributed by atoms with van der Waals surface area (Å²) in [6.45, 7) is 11.5. The van der Waals surface area contributed by atoms with Crippen molar-refractivity contribution < 1.29 is 4.74 Å². The number of ether oxygens (including phenoxy) is 1. The van der Waals surface area contributed by atoms with Crippen LogP contribution in [-0.2, 0) is 0 Å². The van der Waals surface area contributed by atoms with Crippen molar-refractivity contribution in [3.63, 3.8) is 0 Å². The Hall–Kier alpha value is -1.94. The molecule has 4 nitrogen and oxygen atoms in total. The Kier molecular flexibility index (Phi) is 9.00. The molecular formula is C15H23N3O. The molecule has 0 saturated carbocycles. The number of nitrogens with zero attached hydrogens (tertiary/aromatic N) is 1. The van der Waals surface area contributed by atoms with E-state index in [2.05, 4.69) is 37.5 Å². The van der Waals surface area contributed by atoms with Gasteiger partial charge in [0.05, 0.1) is 0 Å². The maximum Gasteiger partial charge on any atom is 0.151 e. The monoisotopic (exact) mass is 261 g/mol. The first kappa shape index (κ1) is 17.1. The van der Waals surface area contributed by atoms with Gasteiger partial charge in [0.1, 0.15) is 12.4 Å².